The van der Waals surface area contributed by atoms with Crippen LogP contribution in [0.2, 0.25) is 0 Å². The summed E-state index contributed by atoms with van der Waals surface area (Å²) in [6.07, 6.45) is 4.15. The van der Waals surface area contributed by atoms with Gasteiger partial charge in [0, 0.05) is 20.3 Å². The van der Waals surface area contributed by atoms with E-state index in [1.807, 2.05) is 6.92 Å². The molecule has 0 aliphatic rings. The normalized spacial score (nSPS) is 14.4. The van der Waals surface area contributed by atoms with E-state index in [0.29, 0.717) is 12.8 Å². The summed E-state index contributed by atoms with van der Waals surface area (Å²) in [4.78, 5) is 13.8. The number of nitrogens with zero attached hydrogens (tertiary/aromatic N) is 1. The zero-order chi connectivity index (χ0) is 15.4. The summed E-state index contributed by atoms with van der Waals surface area (Å²) in [7, 11) is 3.78. The number of nitrogens with one attached hydrogen (secondary N) is 1. The summed E-state index contributed by atoms with van der Waals surface area (Å²) < 4.78 is 5.03. The van der Waals surface area contributed by atoms with Gasteiger partial charge in [-0.05, 0) is 52.2 Å². The average molecular weight is 288 g/mol. The van der Waals surface area contributed by atoms with E-state index >= 15 is 0 Å². The number of rotatable bonds is 13. The summed E-state index contributed by atoms with van der Waals surface area (Å²) in [5, 5.41) is 12.7. The molecule has 0 aliphatic heterocycles. The van der Waals surface area contributed by atoms with Crippen LogP contribution in [0.1, 0.15) is 46.0 Å². The minimum absolute atomic E-state index is 0.621. The Morgan fingerprint density at radius 2 is 1.95 bits per heavy atom. The minimum Gasteiger partial charge on any atom is -0.480 e. The number of methoxy groups -OCH3 is 1. The smallest absolute Gasteiger partial charge is 0.323 e. The highest BCUT2D eigenvalue weighted by Crippen LogP contribution is 2.18. The summed E-state index contributed by atoms with van der Waals surface area (Å²) in [5.41, 5.74) is -0.761. The lowest BCUT2D eigenvalue weighted by Gasteiger charge is -2.30. The molecule has 0 aromatic rings. The molecule has 0 saturated carbocycles. The fourth-order valence-corrected chi connectivity index (χ4v) is 2.33. The molecule has 0 radical (unpaired) electrons. The molecule has 0 bridgehead atoms. The molecule has 0 aromatic heterocycles. The van der Waals surface area contributed by atoms with E-state index in [0.717, 1.165) is 45.5 Å². The molecule has 2 N–H and O–H groups in total. The van der Waals surface area contributed by atoms with Crippen LogP contribution in [-0.2, 0) is 9.53 Å². The highest BCUT2D eigenvalue weighted by Gasteiger charge is 2.35. The molecule has 5 heteroatoms. The van der Waals surface area contributed by atoms with Crippen LogP contribution in [0.3, 0.4) is 0 Å². The van der Waals surface area contributed by atoms with Crippen LogP contribution < -0.4 is 5.32 Å². The number of carbonyl (C=O) groups is 1. The van der Waals surface area contributed by atoms with Crippen LogP contribution in [0.15, 0.2) is 0 Å². The lowest BCUT2D eigenvalue weighted by molar-refractivity contribution is -0.145. The van der Waals surface area contributed by atoms with Gasteiger partial charge in [-0.1, -0.05) is 13.8 Å². The number of hydrogen-bond acceptors (Lipinski definition) is 4. The molecule has 1 atom stereocenters. The molecule has 20 heavy (non-hydrogen) atoms. The number of hydrogen-bond donors (Lipinski definition) is 2. The third-order valence-electron chi connectivity index (χ3n) is 3.76. The van der Waals surface area contributed by atoms with Crippen molar-refractivity contribution in [3.8, 4) is 0 Å². The number of aliphatic carboxylic acids is 1. The molecule has 0 spiro atoms. The molecule has 0 heterocycles. The second-order valence-electron chi connectivity index (χ2n) is 5.42. The van der Waals surface area contributed by atoms with E-state index in [2.05, 4.69) is 24.2 Å². The molecule has 0 amide bonds. The molecule has 0 rings (SSSR count). The van der Waals surface area contributed by atoms with E-state index in [1.165, 1.54) is 0 Å². The Hall–Kier alpha value is -0.650. The van der Waals surface area contributed by atoms with E-state index in [-0.39, 0.29) is 0 Å². The lowest BCUT2D eigenvalue weighted by atomic mass is 9.90. The lowest BCUT2D eigenvalue weighted by Crippen LogP contribution is -2.52. The Balaban J connectivity index is 4.16. The molecule has 0 aliphatic carbocycles. The SMILES string of the molecule is CCCNC(CC)(CCCN(C)CCCOC)C(=O)O. The van der Waals surface area contributed by atoms with Crippen molar-refractivity contribution >= 4 is 5.97 Å². The number of ether oxygens (including phenoxy) is 1. The standard InChI is InChI=1S/C15H32N2O3/c1-5-10-16-15(6-2,14(18)19)9-7-11-17(3)12-8-13-20-4/h16H,5-13H2,1-4H3,(H,18,19). The fraction of sp³-hybridized carbons (Fsp3) is 0.933. The topological polar surface area (TPSA) is 61.8 Å². The first kappa shape index (κ1) is 19.4. The summed E-state index contributed by atoms with van der Waals surface area (Å²) in [5.74, 6) is -0.726. The van der Waals surface area contributed by atoms with Crippen LogP contribution in [-0.4, -0.2) is 61.9 Å². The highest BCUT2D eigenvalue weighted by molar-refractivity contribution is 5.78. The predicted octanol–water partition coefficient (Wildman–Crippen LogP) is 1.97. The highest BCUT2D eigenvalue weighted by atomic mass is 16.5. The first-order valence-electron chi connectivity index (χ1n) is 7.68. The molecule has 0 fully saturated rings. The third kappa shape index (κ3) is 7.22. The van der Waals surface area contributed by atoms with Gasteiger partial charge < -0.3 is 20.1 Å². The largest absolute Gasteiger partial charge is 0.480 e. The quantitative estimate of drug-likeness (QED) is 0.507. The van der Waals surface area contributed by atoms with Gasteiger partial charge in [-0.15, -0.1) is 0 Å². The predicted molar refractivity (Wildman–Crippen MR) is 82.2 cm³/mol. The van der Waals surface area contributed by atoms with Gasteiger partial charge in [0.1, 0.15) is 5.54 Å². The van der Waals surface area contributed by atoms with Crippen molar-refractivity contribution in [1.82, 2.24) is 10.2 Å². The molecule has 0 saturated heterocycles. The van der Waals surface area contributed by atoms with Gasteiger partial charge in [0.05, 0.1) is 0 Å². The molecule has 5 nitrogen and oxygen atoms in total. The van der Waals surface area contributed by atoms with E-state index in [9.17, 15) is 9.90 Å². The monoisotopic (exact) mass is 288 g/mol. The average Bonchev–Trinajstić information content (AvgIpc) is 2.42. The maximum atomic E-state index is 11.6. The van der Waals surface area contributed by atoms with Gasteiger partial charge in [0.15, 0.2) is 0 Å². The van der Waals surface area contributed by atoms with Gasteiger partial charge in [-0.3, -0.25) is 4.79 Å². The summed E-state index contributed by atoms with van der Waals surface area (Å²) in [6.45, 7) is 7.44. The third-order valence-corrected chi connectivity index (χ3v) is 3.76. The van der Waals surface area contributed by atoms with E-state index < -0.39 is 11.5 Å². The zero-order valence-corrected chi connectivity index (χ0v) is 13.6. The van der Waals surface area contributed by atoms with Crippen LogP contribution in [0, 0.1) is 0 Å². The van der Waals surface area contributed by atoms with Crippen LogP contribution in [0.5, 0.6) is 0 Å². The van der Waals surface area contributed by atoms with Crippen LogP contribution >= 0.6 is 0 Å². The molecule has 1 unspecified atom stereocenters. The number of carboxylic acid groups (broad SMARTS) is 1. The molecular formula is C15H32N2O3. The second kappa shape index (κ2) is 11.1. The van der Waals surface area contributed by atoms with Crippen molar-refractivity contribution in [3.63, 3.8) is 0 Å². The Kier molecular flexibility index (Phi) is 10.7. The van der Waals surface area contributed by atoms with Crippen molar-refractivity contribution < 1.29 is 14.6 Å². The van der Waals surface area contributed by atoms with Gasteiger partial charge in [-0.25, -0.2) is 0 Å². The maximum Gasteiger partial charge on any atom is 0.323 e. The van der Waals surface area contributed by atoms with Gasteiger partial charge in [0.25, 0.3) is 0 Å². The Morgan fingerprint density at radius 1 is 1.30 bits per heavy atom. The van der Waals surface area contributed by atoms with Crippen LogP contribution in [0.25, 0.3) is 0 Å². The van der Waals surface area contributed by atoms with Crippen molar-refractivity contribution in [2.45, 2.75) is 51.5 Å². The van der Waals surface area contributed by atoms with Crippen molar-refractivity contribution in [2.75, 3.05) is 40.4 Å². The van der Waals surface area contributed by atoms with Crippen molar-refractivity contribution in [2.24, 2.45) is 0 Å². The van der Waals surface area contributed by atoms with E-state index in [1.54, 1.807) is 7.11 Å². The first-order chi connectivity index (χ1) is 9.52. The van der Waals surface area contributed by atoms with Gasteiger partial charge >= 0.3 is 5.97 Å². The Labute approximate surface area is 123 Å². The number of carboxylic acids is 1. The molecular weight excluding hydrogens is 256 g/mol. The van der Waals surface area contributed by atoms with Gasteiger partial charge in [0.2, 0.25) is 0 Å². The van der Waals surface area contributed by atoms with Crippen molar-refractivity contribution in [3.05, 3.63) is 0 Å². The molecule has 0 aromatic carbocycles. The first-order valence-corrected chi connectivity index (χ1v) is 7.68. The second-order valence-corrected chi connectivity index (χ2v) is 5.42. The fourth-order valence-electron chi connectivity index (χ4n) is 2.33. The summed E-state index contributed by atoms with van der Waals surface area (Å²) in [6, 6.07) is 0. The minimum atomic E-state index is -0.761. The van der Waals surface area contributed by atoms with E-state index in [4.69, 9.17) is 4.74 Å². The van der Waals surface area contributed by atoms with Crippen LogP contribution in [0.4, 0.5) is 0 Å². The molecule has 120 valence electrons. The summed E-state index contributed by atoms with van der Waals surface area (Å²) >= 11 is 0. The van der Waals surface area contributed by atoms with Gasteiger partial charge in [-0.2, -0.15) is 0 Å². The Morgan fingerprint density at radius 3 is 2.45 bits per heavy atom. The maximum absolute atomic E-state index is 11.6. The van der Waals surface area contributed by atoms with Crippen molar-refractivity contribution in [1.29, 1.82) is 0 Å². The zero-order valence-electron chi connectivity index (χ0n) is 13.6. The Bertz CT molecular complexity index is 262.